The van der Waals surface area contributed by atoms with Crippen LogP contribution < -0.4 is 10.6 Å². The van der Waals surface area contributed by atoms with Crippen LogP contribution in [0.2, 0.25) is 0 Å². The van der Waals surface area contributed by atoms with Crippen molar-refractivity contribution >= 4 is 11.8 Å². The molecule has 0 aliphatic carbocycles. The lowest BCUT2D eigenvalue weighted by Gasteiger charge is -2.27. The van der Waals surface area contributed by atoms with E-state index in [0.717, 1.165) is 32.5 Å². The van der Waals surface area contributed by atoms with Crippen LogP contribution in [0.25, 0.3) is 0 Å². The molecule has 0 saturated carbocycles. The van der Waals surface area contributed by atoms with Crippen LogP contribution in [-0.2, 0) is 22.6 Å². The number of fused-ring (bicyclic) bond motifs is 1. The second-order valence-electron chi connectivity index (χ2n) is 6.39. The van der Waals surface area contributed by atoms with Crippen molar-refractivity contribution < 1.29 is 9.59 Å². The van der Waals surface area contributed by atoms with Crippen molar-refractivity contribution in [1.82, 2.24) is 15.5 Å². The molecule has 1 unspecified atom stereocenters. The fraction of sp³-hybridized carbons (Fsp3) is 0.556. The number of hydrogen-bond donors (Lipinski definition) is 2. The topological polar surface area (TPSA) is 61.4 Å². The van der Waals surface area contributed by atoms with Crippen LogP contribution >= 0.6 is 0 Å². The number of hydrogen-bond acceptors (Lipinski definition) is 3. The number of rotatable bonds is 4. The average Bonchev–Trinajstić information content (AvgIpc) is 2.61. The summed E-state index contributed by atoms with van der Waals surface area (Å²) in [7, 11) is 0. The number of likely N-dealkylation sites (tertiary alicyclic amines) is 1. The highest BCUT2D eigenvalue weighted by Gasteiger charge is 2.24. The summed E-state index contributed by atoms with van der Waals surface area (Å²) in [5, 5.41) is 6.17. The van der Waals surface area contributed by atoms with Crippen LogP contribution in [-0.4, -0.2) is 42.4 Å². The average molecular weight is 315 g/mol. The Labute approximate surface area is 137 Å². The van der Waals surface area contributed by atoms with Gasteiger partial charge in [-0.1, -0.05) is 24.3 Å². The maximum atomic E-state index is 12.3. The van der Waals surface area contributed by atoms with Crippen LogP contribution in [0.5, 0.6) is 0 Å². The molecular formula is C18H25N3O2. The molecule has 124 valence electrons. The van der Waals surface area contributed by atoms with Gasteiger partial charge < -0.3 is 15.5 Å². The Bertz CT molecular complexity index is 567. The molecule has 3 rings (SSSR count). The molecule has 1 aromatic rings. The van der Waals surface area contributed by atoms with Gasteiger partial charge in [-0.05, 0) is 36.8 Å². The molecule has 0 spiro atoms. The summed E-state index contributed by atoms with van der Waals surface area (Å²) in [6.07, 6.45) is 4.53. The molecule has 2 amide bonds. The minimum Gasteiger partial charge on any atom is -0.354 e. The number of carbonyl (C=O) groups is 2. The third kappa shape index (κ3) is 4.10. The van der Waals surface area contributed by atoms with E-state index in [2.05, 4.69) is 22.8 Å². The van der Waals surface area contributed by atoms with Crippen molar-refractivity contribution in [3.63, 3.8) is 0 Å². The number of nitrogens with zero attached hydrogens (tertiary/aromatic N) is 1. The maximum Gasteiger partial charge on any atom is 0.237 e. The van der Waals surface area contributed by atoms with Crippen LogP contribution in [0, 0.1) is 0 Å². The minimum atomic E-state index is -0.199. The van der Waals surface area contributed by atoms with E-state index < -0.39 is 0 Å². The molecule has 1 saturated heterocycles. The lowest BCUT2D eigenvalue weighted by Crippen LogP contribution is -2.48. The predicted octanol–water partition coefficient (Wildman–Crippen LogP) is 1.22. The molecule has 0 bridgehead atoms. The van der Waals surface area contributed by atoms with Gasteiger partial charge in [-0.25, -0.2) is 0 Å². The van der Waals surface area contributed by atoms with Gasteiger partial charge >= 0.3 is 0 Å². The summed E-state index contributed by atoms with van der Waals surface area (Å²) in [5.74, 6) is 0.151. The molecule has 1 fully saturated rings. The molecule has 1 aromatic carbocycles. The molecule has 0 radical (unpaired) electrons. The second-order valence-corrected chi connectivity index (χ2v) is 6.39. The quantitative estimate of drug-likeness (QED) is 0.878. The fourth-order valence-corrected chi connectivity index (χ4v) is 3.36. The Hall–Kier alpha value is -1.88. The Balaban J connectivity index is 1.42. The fourth-order valence-electron chi connectivity index (χ4n) is 3.36. The van der Waals surface area contributed by atoms with E-state index in [4.69, 9.17) is 0 Å². The standard InChI is InChI=1S/C18H25N3O2/c22-17(21-10-4-1-5-11-21)8-9-19-18(23)16-12-14-6-2-3-7-15(14)13-20-16/h2-3,6-7,16,20H,1,4-5,8-13H2,(H,19,23). The monoisotopic (exact) mass is 315 g/mol. The van der Waals surface area contributed by atoms with Crippen molar-refractivity contribution in [2.45, 2.75) is 44.7 Å². The molecular weight excluding hydrogens is 290 g/mol. The first-order chi connectivity index (χ1) is 11.2. The summed E-state index contributed by atoms with van der Waals surface area (Å²) in [6.45, 7) is 2.89. The molecule has 2 aliphatic heterocycles. The molecule has 2 N–H and O–H groups in total. The number of piperidine rings is 1. The third-order valence-corrected chi connectivity index (χ3v) is 4.74. The van der Waals surface area contributed by atoms with Crippen molar-refractivity contribution in [3.8, 4) is 0 Å². The smallest absolute Gasteiger partial charge is 0.237 e. The van der Waals surface area contributed by atoms with Gasteiger partial charge in [-0.3, -0.25) is 9.59 Å². The zero-order valence-electron chi connectivity index (χ0n) is 13.5. The first-order valence-electron chi connectivity index (χ1n) is 8.60. The van der Waals surface area contributed by atoms with Crippen LogP contribution in [0.1, 0.15) is 36.8 Å². The van der Waals surface area contributed by atoms with Gasteiger partial charge in [0.15, 0.2) is 0 Å². The first-order valence-corrected chi connectivity index (χ1v) is 8.60. The largest absolute Gasteiger partial charge is 0.354 e. The van der Waals surface area contributed by atoms with Crippen LogP contribution in [0.15, 0.2) is 24.3 Å². The lowest BCUT2D eigenvalue weighted by atomic mass is 9.95. The molecule has 0 aromatic heterocycles. The SMILES string of the molecule is O=C(NCCC(=O)N1CCCCC1)C1Cc2ccccc2CN1. The van der Waals surface area contributed by atoms with Gasteiger partial charge in [0.2, 0.25) is 11.8 Å². The zero-order valence-corrected chi connectivity index (χ0v) is 13.5. The van der Waals surface area contributed by atoms with E-state index in [1.54, 1.807) is 0 Å². The lowest BCUT2D eigenvalue weighted by molar-refractivity contribution is -0.132. The van der Waals surface area contributed by atoms with E-state index >= 15 is 0 Å². The van der Waals surface area contributed by atoms with Crippen molar-refractivity contribution in [3.05, 3.63) is 35.4 Å². The van der Waals surface area contributed by atoms with Gasteiger partial charge in [-0.15, -0.1) is 0 Å². The van der Waals surface area contributed by atoms with E-state index in [1.807, 2.05) is 17.0 Å². The second kappa shape index (κ2) is 7.59. The first kappa shape index (κ1) is 16.0. The summed E-state index contributed by atoms with van der Waals surface area (Å²) < 4.78 is 0. The zero-order chi connectivity index (χ0) is 16.1. The molecule has 1 atom stereocenters. The van der Waals surface area contributed by atoms with E-state index in [-0.39, 0.29) is 17.9 Å². The number of benzene rings is 1. The maximum absolute atomic E-state index is 12.3. The highest BCUT2D eigenvalue weighted by Crippen LogP contribution is 2.16. The Morgan fingerprint density at radius 2 is 1.87 bits per heavy atom. The van der Waals surface area contributed by atoms with Gasteiger partial charge in [0, 0.05) is 32.6 Å². The summed E-state index contributed by atoms with van der Waals surface area (Å²) in [5.41, 5.74) is 2.49. The van der Waals surface area contributed by atoms with Crippen molar-refractivity contribution in [2.24, 2.45) is 0 Å². The number of nitrogens with one attached hydrogen (secondary N) is 2. The van der Waals surface area contributed by atoms with E-state index in [9.17, 15) is 9.59 Å². The highest BCUT2D eigenvalue weighted by atomic mass is 16.2. The molecule has 23 heavy (non-hydrogen) atoms. The van der Waals surface area contributed by atoms with Gasteiger partial charge in [0.25, 0.3) is 0 Å². The van der Waals surface area contributed by atoms with Crippen molar-refractivity contribution in [2.75, 3.05) is 19.6 Å². The normalized spacial score (nSPS) is 20.7. The number of amides is 2. The Kier molecular flexibility index (Phi) is 5.28. The number of carbonyl (C=O) groups excluding carboxylic acids is 2. The van der Waals surface area contributed by atoms with Crippen molar-refractivity contribution in [1.29, 1.82) is 0 Å². The van der Waals surface area contributed by atoms with E-state index in [1.165, 1.54) is 17.5 Å². The molecule has 5 nitrogen and oxygen atoms in total. The predicted molar refractivity (Wildman–Crippen MR) is 88.8 cm³/mol. The van der Waals surface area contributed by atoms with Crippen LogP contribution in [0.4, 0.5) is 0 Å². The summed E-state index contributed by atoms with van der Waals surface area (Å²) >= 11 is 0. The summed E-state index contributed by atoms with van der Waals surface area (Å²) in [6, 6.07) is 8.00. The Morgan fingerprint density at radius 3 is 2.65 bits per heavy atom. The van der Waals surface area contributed by atoms with Gasteiger partial charge in [0.1, 0.15) is 0 Å². The highest BCUT2D eigenvalue weighted by molar-refractivity contribution is 5.83. The van der Waals surface area contributed by atoms with Gasteiger partial charge in [-0.2, -0.15) is 0 Å². The van der Waals surface area contributed by atoms with Crippen LogP contribution in [0.3, 0.4) is 0 Å². The third-order valence-electron chi connectivity index (χ3n) is 4.74. The van der Waals surface area contributed by atoms with E-state index in [0.29, 0.717) is 19.4 Å². The Morgan fingerprint density at radius 1 is 1.13 bits per heavy atom. The van der Waals surface area contributed by atoms with Gasteiger partial charge in [0.05, 0.1) is 6.04 Å². The molecule has 2 aliphatic rings. The minimum absolute atomic E-state index is 0.00838. The summed E-state index contributed by atoms with van der Waals surface area (Å²) in [4.78, 5) is 26.3. The molecule has 2 heterocycles. The molecule has 5 heteroatoms.